The lowest BCUT2D eigenvalue weighted by Gasteiger charge is -2.03. The molecular weight excluding hydrogens is 194 g/mol. The second-order valence-electron chi connectivity index (χ2n) is 2.38. The molecule has 0 aliphatic carbocycles. The van der Waals surface area contributed by atoms with Crippen molar-refractivity contribution in [3.05, 3.63) is 11.9 Å². The maximum absolute atomic E-state index is 11.4. The Morgan fingerprint density at radius 2 is 2.38 bits per heavy atom. The van der Waals surface area contributed by atoms with Crippen LogP contribution in [0.2, 0.25) is 0 Å². The van der Waals surface area contributed by atoms with E-state index in [9.17, 15) is 8.42 Å². The van der Waals surface area contributed by atoms with E-state index >= 15 is 0 Å². The van der Waals surface area contributed by atoms with Crippen molar-refractivity contribution in [1.82, 2.24) is 15.1 Å². The van der Waals surface area contributed by atoms with E-state index in [0.29, 0.717) is 5.69 Å². The number of aromatic nitrogens is 2. The van der Waals surface area contributed by atoms with Crippen LogP contribution in [0.15, 0.2) is 11.1 Å². The predicted octanol–water partition coefficient (Wildman–Crippen LogP) is -0.0521. The predicted molar refractivity (Wildman–Crippen MR) is 45.3 cm³/mol. The van der Waals surface area contributed by atoms with E-state index in [-0.39, 0.29) is 11.5 Å². The maximum Gasteiger partial charge on any atom is 0.265 e. The summed E-state index contributed by atoms with van der Waals surface area (Å²) < 4.78 is 22.8. The third-order valence-electron chi connectivity index (χ3n) is 1.39. The highest BCUT2D eigenvalue weighted by Crippen LogP contribution is 2.09. The summed E-state index contributed by atoms with van der Waals surface area (Å²) in [4.78, 5) is 6.66. The van der Waals surface area contributed by atoms with Crippen LogP contribution in [0.25, 0.3) is 0 Å². The second kappa shape index (κ2) is 3.86. The number of rotatable bonds is 4. The van der Waals surface area contributed by atoms with E-state index in [4.69, 9.17) is 0 Å². The summed E-state index contributed by atoms with van der Waals surface area (Å²) in [6.45, 7) is 3.58. The molecule has 1 rings (SSSR count). The number of aryl methyl sites for hydroxylation is 1. The fourth-order valence-electron chi connectivity index (χ4n) is 0.792. The van der Waals surface area contributed by atoms with Crippen molar-refractivity contribution in [3.63, 3.8) is 0 Å². The summed E-state index contributed by atoms with van der Waals surface area (Å²) in [6.07, 6.45) is 1.23. The smallest absolute Gasteiger partial charge is 0.265 e. The van der Waals surface area contributed by atoms with Crippen molar-refractivity contribution in [2.45, 2.75) is 18.7 Å². The maximum atomic E-state index is 11.4. The van der Waals surface area contributed by atoms with Crippen LogP contribution in [-0.4, -0.2) is 25.2 Å². The number of aromatic amines is 1. The Kier molecular flexibility index (Phi) is 3.02. The molecule has 1 heterocycles. The van der Waals surface area contributed by atoms with Gasteiger partial charge in [-0.05, 0) is 13.8 Å². The summed E-state index contributed by atoms with van der Waals surface area (Å²) in [5.74, 6) is 0. The fraction of sp³-hybridized carbons (Fsp3) is 0.500. The third-order valence-corrected chi connectivity index (χ3v) is 2.71. The number of sulfonamides is 1. The lowest BCUT2D eigenvalue weighted by molar-refractivity contribution is 0.105. The quantitative estimate of drug-likeness (QED) is 0.675. The Bertz CT molecular complexity index is 370. The van der Waals surface area contributed by atoms with Crippen LogP contribution < -0.4 is 4.89 Å². The Hall–Kier alpha value is -0.920. The molecule has 1 aromatic rings. The number of hydrogen-bond donors (Lipinski definition) is 2. The minimum absolute atomic E-state index is 0.0981. The number of hydrogen-bond acceptors (Lipinski definition) is 4. The Labute approximate surface area is 76.3 Å². The van der Waals surface area contributed by atoms with Gasteiger partial charge in [0.2, 0.25) is 0 Å². The Morgan fingerprint density at radius 1 is 1.69 bits per heavy atom. The van der Waals surface area contributed by atoms with Crippen LogP contribution in [0.5, 0.6) is 0 Å². The third kappa shape index (κ3) is 2.27. The Morgan fingerprint density at radius 3 is 2.85 bits per heavy atom. The molecule has 74 valence electrons. The van der Waals surface area contributed by atoms with Gasteiger partial charge in [0.15, 0.2) is 0 Å². The van der Waals surface area contributed by atoms with Gasteiger partial charge in [0, 0.05) is 0 Å². The van der Waals surface area contributed by atoms with Crippen molar-refractivity contribution < 1.29 is 13.3 Å². The van der Waals surface area contributed by atoms with Crippen LogP contribution >= 0.6 is 0 Å². The topological polar surface area (TPSA) is 84.1 Å². The summed E-state index contributed by atoms with van der Waals surface area (Å²) in [7, 11) is -3.58. The van der Waals surface area contributed by atoms with Crippen LogP contribution in [0.4, 0.5) is 0 Å². The van der Waals surface area contributed by atoms with Gasteiger partial charge >= 0.3 is 0 Å². The zero-order valence-electron chi connectivity index (χ0n) is 7.36. The van der Waals surface area contributed by atoms with Gasteiger partial charge in [0.1, 0.15) is 4.90 Å². The summed E-state index contributed by atoms with van der Waals surface area (Å²) in [5.41, 5.74) is 0.479. The summed E-state index contributed by atoms with van der Waals surface area (Å²) >= 11 is 0. The molecular formula is C6H11N3O3S. The average Bonchev–Trinajstić information content (AvgIpc) is 2.48. The number of nitrogens with one attached hydrogen (secondary N) is 2. The van der Waals surface area contributed by atoms with Crippen molar-refractivity contribution in [2.75, 3.05) is 6.61 Å². The minimum Gasteiger partial charge on any atom is -0.287 e. The second-order valence-corrected chi connectivity index (χ2v) is 3.99. The van der Waals surface area contributed by atoms with Crippen molar-refractivity contribution in [2.24, 2.45) is 0 Å². The summed E-state index contributed by atoms with van der Waals surface area (Å²) in [6, 6.07) is 0. The first-order chi connectivity index (χ1) is 6.08. The zero-order chi connectivity index (χ0) is 9.90. The molecule has 0 unspecified atom stereocenters. The van der Waals surface area contributed by atoms with E-state index in [1.165, 1.54) is 6.20 Å². The molecule has 0 aliphatic heterocycles. The van der Waals surface area contributed by atoms with Crippen molar-refractivity contribution in [3.8, 4) is 0 Å². The fourth-order valence-corrected chi connectivity index (χ4v) is 1.79. The van der Waals surface area contributed by atoms with Crippen molar-refractivity contribution in [1.29, 1.82) is 0 Å². The monoisotopic (exact) mass is 205 g/mol. The highest BCUT2D eigenvalue weighted by molar-refractivity contribution is 7.89. The van der Waals surface area contributed by atoms with Crippen LogP contribution in [0.3, 0.4) is 0 Å². The summed E-state index contributed by atoms with van der Waals surface area (Å²) in [5, 5.41) is 6.12. The van der Waals surface area contributed by atoms with Gasteiger partial charge in [-0.15, -0.1) is 0 Å². The molecule has 13 heavy (non-hydrogen) atoms. The molecule has 6 nitrogen and oxygen atoms in total. The molecule has 0 aromatic carbocycles. The highest BCUT2D eigenvalue weighted by atomic mass is 32.2. The van der Waals surface area contributed by atoms with Gasteiger partial charge < -0.3 is 0 Å². The van der Waals surface area contributed by atoms with Crippen molar-refractivity contribution >= 4 is 10.0 Å². The van der Waals surface area contributed by atoms with E-state index < -0.39 is 10.0 Å². The molecule has 0 amide bonds. The molecule has 0 spiro atoms. The zero-order valence-corrected chi connectivity index (χ0v) is 8.18. The molecule has 0 bridgehead atoms. The lowest BCUT2D eigenvalue weighted by atomic mass is 10.5. The standard InChI is InChI=1S/C6H11N3O3S/c1-3-12-9-13(10,11)6-4-7-8-5(6)2/h4,9H,3H2,1-2H3,(H,7,8). The molecule has 0 atom stereocenters. The molecule has 0 aliphatic rings. The van der Waals surface area contributed by atoms with Gasteiger partial charge in [-0.2, -0.15) is 5.10 Å². The average molecular weight is 205 g/mol. The normalized spacial score (nSPS) is 11.8. The van der Waals surface area contributed by atoms with Crippen LogP contribution in [0, 0.1) is 6.92 Å². The molecule has 0 radical (unpaired) electrons. The highest BCUT2D eigenvalue weighted by Gasteiger charge is 2.17. The van der Waals surface area contributed by atoms with E-state index in [1.807, 2.05) is 4.89 Å². The largest absolute Gasteiger partial charge is 0.287 e. The first-order valence-corrected chi connectivity index (χ1v) is 5.20. The van der Waals surface area contributed by atoms with Gasteiger partial charge in [-0.25, -0.2) is 8.42 Å². The first-order valence-electron chi connectivity index (χ1n) is 3.71. The van der Waals surface area contributed by atoms with Gasteiger partial charge in [0.25, 0.3) is 10.0 Å². The Balaban J connectivity index is 2.88. The molecule has 0 saturated heterocycles. The van der Waals surface area contributed by atoms with Gasteiger partial charge in [0.05, 0.1) is 18.5 Å². The number of H-pyrrole nitrogens is 1. The molecule has 7 heteroatoms. The minimum atomic E-state index is -3.58. The molecule has 1 aromatic heterocycles. The molecule has 0 saturated carbocycles. The van der Waals surface area contributed by atoms with Crippen LogP contribution in [0.1, 0.15) is 12.6 Å². The molecule has 0 fully saturated rings. The van der Waals surface area contributed by atoms with E-state index in [2.05, 4.69) is 15.0 Å². The van der Waals surface area contributed by atoms with Gasteiger partial charge in [-0.3, -0.25) is 9.94 Å². The van der Waals surface area contributed by atoms with Crippen LogP contribution in [-0.2, 0) is 14.9 Å². The SMILES string of the molecule is CCONS(=O)(=O)c1cn[nH]c1C. The van der Waals surface area contributed by atoms with Gasteiger partial charge in [-0.1, -0.05) is 4.89 Å². The van der Waals surface area contributed by atoms with E-state index in [1.54, 1.807) is 13.8 Å². The lowest BCUT2D eigenvalue weighted by Crippen LogP contribution is -2.24. The molecule has 2 N–H and O–H groups in total. The number of nitrogens with zero attached hydrogens (tertiary/aromatic N) is 1. The first kappa shape index (κ1) is 10.2. The van der Waals surface area contributed by atoms with E-state index in [0.717, 1.165) is 0 Å².